The second-order valence-corrected chi connectivity index (χ2v) is 5.21. The van der Waals surface area contributed by atoms with Gasteiger partial charge in [-0.2, -0.15) is 0 Å². The molecule has 1 aromatic carbocycles. The van der Waals surface area contributed by atoms with Crippen molar-refractivity contribution in [3.05, 3.63) is 40.4 Å². The van der Waals surface area contributed by atoms with Gasteiger partial charge in [-0.15, -0.1) is 28.7 Å². The van der Waals surface area contributed by atoms with Crippen LogP contribution in [0, 0.1) is 0 Å². The molecule has 18 heavy (non-hydrogen) atoms. The number of rotatable bonds is 3. The number of halogens is 1. The molecule has 1 aliphatic heterocycles. The Labute approximate surface area is 122 Å². The molecule has 0 bridgehead atoms. The van der Waals surface area contributed by atoms with Crippen LogP contribution in [0.5, 0.6) is 5.75 Å². The van der Waals surface area contributed by atoms with Gasteiger partial charge in [-0.05, 0) is 26.0 Å². The van der Waals surface area contributed by atoms with Crippen LogP contribution in [0.2, 0.25) is 0 Å². The number of phenolic OH excluding ortho intramolecular Hbond substituents is 1. The van der Waals surface area contributed by atoms with E-state index in [-0.39, 0.29) is 28.5 Å². The van der Waals surface area contributed by atoms with Gasteiger partial charge in [0.25, 0.3) is 0 Å². The van der Waals surface area contributed by atoms with Crippen LogP contribution >= 0.6 is 28.7 Å². The number of thioether (sulfide) groups is 1. The number of hydrogen-bond donors (Lipinski definition) is 1. The van der Waals surface area contributed by atoms with E-state index < -0.39 is 0 Å². The topological polar surface area (TPSA) is 40.5 Å². The molecule has 0 radical (unpaired) electrons. The molecule has 0 aliphatic carbocycles. The Bertz CT molecular complexity index is 488. The van der Waals surface area contributed by atoms with Gasteiger partial charge < -0.3 is 10.0 Å². The van der Waals surface area contributed by atoms with Gasteiger partial charge in [0.1, 0.15) is 5.75 Å². The molecule has 1 N–H and O–H groups in total. The van der Waals surface area contributed by atoms with Crippen molar-refractivity contribution < 1.29 is 9.90 Å². The fourth-order valence-electron chi connectivity index (χ4n) is 1.73. The van der Waals surface area contributed by atoms with Gasteiger partial charge in [-0.3, -0.25) is 4.79 Å². The van der Waals surface area contributed by atoms with Crippen molar-refractivity contribution >= 4 is 34.5 Å². The SMILES string of the molecule is Br.CC1=C(C)N(CC(=O)c2ccccc2O)CS1. The van der Waals surface area contributed by atoms with Gasteiger partial charge in [-0.1, -0.05) is 12.1 Å². The van der Waals surface area contributed by atoms with Gasteiger partial charge in [0.2, 0.25) is 0 Å². The first-order valence-corrected chi connectivity index (χ1v) is 6.44. The van der Waals surface area contributed by atoms with E-state index in [1.54, 1.807) is 36.0 Å². The summed E-state index contributed by atoms with van der Waals surface area (Å²) < 4.78 is 0. The number of aromatic hydroxyl groups is 1. The largest absolute Gasteiger partial charge is 0.507 e. The number of para-hydroxylation sites is 1. The highest BCUT2D eigenvalue weighted by atomic mass is 79.9. The standard InChI is InChI=1S/C13H15NO2S.BrH/c1-9-10(2)17-8-14(9)7-13(16)11-5-3-4-6-12(11)15;/h3-6,15H,7-8H2,1-2H3;1H. The van der Waals surface area contributed by atoms with Crippen LogP contribution in [0.25, 0.3) is 0 Å². The molecule has 0 unspecified atom stereocenters. The highest BCUT2D eigenvalue weighted by Crippen LogP contribution is 2.31. The van der Waals surface area contributed by atoms with Crippen LogP contribution in [0.4, 0.5) is 0 Å². The quantitative estimate of drug-likeness (QED) is 0.863. The molecule has 0 saturated heterocycles. The van der Waals surface area contributed by atoms with Crippen LogP contribution in [-0.2, 0) is 0 Å². The van der Waals surface area contributed by atoms with E-state index in [4.69, 9.17) is 0 Å². The van der Waals surface area contributed by atoms with E-state index in [0.29, 0.717) is 12.1 Å². The molecule has 1 aromatic rings. The van der Waals surface area contributed by atoms with Gasteiger partial charge >= 0.3 is 0 Å². The predicted octanol–water partition coefficient (Wildman–Crippen LogP) is 3.41. The molecule has 5 heteroatoms. The molecular formula is C13H16BrNO2S. The van der Waals surface area contributed by atoms with Crippen LogP contribution in [0.3, 0.4) is 0 Å². The van der Waals surface area contributed by atoms with Crippen molar-refractivity contribution in [2.45, 2.75) is 13.8 Å². The number of nitrogens with zero attached hydrogens (tertiary/aromatic N) is 1. The van der Waals surface area contributed by atoms with Crippen LogP contribution in [0.15, 0.2) is 34.9 Å². The normalized spacial score (nSPS) is 14.7. The summed E-state index contributed by atoms with van der Waals surface area (Å²) in [4.78, 5) is 15.3. The molecule has 0 aromatic heterocycles. The minimum absolute atomic E-state index is 0. The van der Waals surface area contributed by atoms with Crippen molar-refractivity contribution in [3.63, 3.8) is 0 Å². The number of benzene rings is 1. The number of hydrogen-bond acceptors (Lipinski definition) is 4. The molecule has 0 fully saturated rings. The maximum atomic E-state index is 12.0. The van der Waals surface area contributed by atoms with Crippen LogP contribution in [0.1, 0.15) is 24.2 Å². The van der Waals surface area contributed by atoms with E-state index in [9.17, 15) is 9.90 Å². The predicted molar refractivity (Wildman–Crippen MR) is 80.3 cm³/mol. The molecule has 0 amide bonds. The van der Waals surface area contributed by atoms with Gasteiger partial charge in [-0.25, -0.2) is 0 Å². The molecule has 98 valence electrons. The lowest BCUT2D eigenvalue weighted by molar-refractivity contribution is 0.0956. The zero-order valence-electron chi connectivity index (χ0n) is 10.3. The first kappa shape index (κ1) is 15.1. The number of Topliss-reactive ketones (excluding diaryl/α,β-unsaturated/α-hetero) is 1. The Kier molecular flexibility index (Phi) is 5.28. The zero-order valence-corrected chi connectivity index (χ0v) is 12.9. The highest BCUT2D eigenvalue weighted by molar-refractivity contribution is 8.93. The van der Waals surface area contributed by atoms with Crippen LogP contribution in [-0.4, -0.2) is 28.2 Å². The molecule has 2 rings (SSSR count). The number of allylic oxidation sites excluding steroid dienone is 2. The summed E-state index contributed by atoms with van der Waals surface area (Å²) in [5.74, 6) is 0.831. The molecule has 0 saturated carbocycles. The Morgan fingerprint density at radius 3 is 2.61 bits per heavy atom. The minimum atomic E-state index is -0.0437. The number of phenols is 1. The number of carbonyl (C=O) groups excluding carboxylic acids is 1. The zero-order chi connectivity index (χ0) is 12.4. The third kappa shape index (κ3) is 3.09. The Balaban J connectivity index is 0.00000162. The fourth-order valence-corrected chi connectivity index (χ4v) is 2.70. The van der Waals surface area contributed by atoms with Crippen LogP contribution < -0.4 is 0 Å². The molecule has 0 spiro atoms. The maximum Gasteiger partial charge on any atom is 0.185 e. The Hall–Kier alpha value is -0.940. The van der Waals surface area contributed by atoms with Crippen molar-refractivity contribution in [2.75, 3.05) is 12.4 Å². The second-order valence-electron chi connectivity index (χ2n) is 4.05. The summed E-state index contributed by atoms with van der Waals surface area (Å²) in [6.45, 7) is 4.41. The molecule has 3 nitrogen and oxygen atoms in total. The molecule has 1 heterocycles. The average Bonchev–Trinajstić information content (AvgIpc) is 2.61. The first-order valence-electron chi connectivity index (χ1n) is 5.46. The van der Waals surface area contributed by atoms with Gasteiger partial charge in [0.05, 0.1) is 18.0 Å². The highest BCUT2D eigenvalue weighted by Gasteiger charge is 2.20. The number of ketones is 1. The third-order valence-electron chi connectivity index (χ3n) is 2.96. The van der Waals surface area contributed by atoms with Crippen molar-refractivity contribution in [1.29, 1.82) is 0 Å². The minimum Gasteiger partial charge on any atom is -0.507 e. The van der Waals surface area contributed by atoms with E-state index >= 15 is 0 Å². The summed E-state index contributed by atoms with van der Waals surface area (Å²) in [6.07, 6.45) is 0. The molecule has 1 aliphatic rings. The van der Waals surface area contributed by atoms with E-state index in [1.165, 1.54) is 4.91 Å². The summed E-state index contributed by atoms with van der Waals surface area (Å²) in [5, 5.41) is 9.62. The third-order valence-corrected chi connectivity index (χ3v) is 4.13. The Morgan fingerprint density at radius 2 is 2.06 bits per heavy atom. The number of carbonyl (C=O) groups is 1. The van der Waals surface area contributed by atoms with E-state index in [0.717, 1.165) is 11.6 Å². The first-order chi connectivity index (χ1) is 8.09. The van der Waals surface area contributed by atoms with E-state index in [1.807, 2.05) is 11.8 Å². The smallest absolute Gasteiger partial charge is 0.185 e. The molecule has 0 atom stereocenters. The average molecular weight is 330 g/mol. The van der Waals surface area contributed by atoms with Crippen molar-refractivity contribution in [1.82, 2.24) is 4.90 Å². The van der Waals surface area contributed by atoms with Gasteiger partial charge in [0, 0.05) is 10.6 Å². The fraction of sp³-hybridized carbons (Fsp3) is 0.308. The van der Waals surface area contributed by atoms with Gasteiger partial charge in [0.15, 0.2) is 5.78 Å². The lowest BCUT2D eigenvalue weighted by Crippen LogP contribution is -2.25. The summed E-state index contributed by atoms with van der Waals surface area (Å²) in [7, 11) is 0. The Morgan fingerprint density at radius 1 is 1.39 bits per heavy atom. The lowest BCUT2D eigenvalue weighted by Gasteiger charge is -2.18. The molecular weight excluding hydrogens is 314 g/mol. The monoisotopic (exact) mass is 329 g/mol. The van der Waals surface area contributed by atoms with Crippen molar-refractivity contribution in [2.24, 2.45) is 0 Å². The second kappa shape index (κ2) is 6.29. The van der Waals surface area contributed by atoms with E-state index in [2.05, 4.69) is 6.92 Å². The summed E-state index contributed by atoms with van der Waals surface area (Å²) in [5.41, 5.74) is 1.55. The maximum absolute atomic E-state index is 12.0. The lowest BCUT2D eigenvalue weighted by atomic mass is 10.1. The van der Waals surface area contributed by atoms with Crippen molar-refractivity contribution in [3.8, 4) is 5.75 Å². The summed E-state index contributed by atoms with van der Waals surface area (Å²) in [6, 6.07) is 6.68. The summed E-state index contributed by atoms with van der Waals surface area (Å²) >= 11 is 1.75.